The van der Waals surface area contributed by atoms with Crippen molar-refractivity contribution in [1.82, 2.24) is 4.98 Å². The van der Waals surface area contributed by atoms with E-state index in [4.69, 9.17) is 4.42 Å². The Bertz CT molecular complexity index is 987. The van der Waals surface area contributed by atoms with E-state index in [1.165, 1.54) is 11.1 Å². The molecule has 0 aliphatic carbocycles. The van der Waals surface area contributed by atoms with Crippen molar-refractivity contribution in [3.63, 3.8) is 0 Å². The van der Waals surface area contributed by atoms with Crippen molar-refractivity contribution in [3.8, 4) is 10.6 Å². The molecule has 3 aromatic heterocycles. The van der Waals surface area contributed by atoms with E-state index in [0.29, 0.717) is 5.71 Å². The predicted octanol–water partition coefficient (Wildman–Crippen LogP) is 3.98. The average Bonchev–Trinajstić information content (AvgIpc) is 3.00. The van der Waals surface area contributed by atoms with Crippen LogP contribution in [-0.4, -0.2) is 4.98 Å². The van der Waals surface area contributed by atoms with Crippen molar-refractivity contribution >= 4 is 33.4 Å². The molecule has 0 saturated heterocycles. The van der Waals surface area contributed by atoms with Gasteiger partial charge in [-0.3, -0.25) is 0 Å². The Balaban J connectivity index is 2.08. The van der Waals surface area contributed by atoms with E-state index in [-0.39, 0.29) is 0 Å². The Hall–Kier alpha value is -2.27. The molecule has 0 saturated carbocycles. The highest BCUT2D eigenvalue weighted by Crippen LogP contribution is 2.34. The van der Waals surface area contributed by atoms with Crippen LogP contribution in [0, 0.1) is 12.9 Å². The maximum absolute atomic E-state index is 13.2. The van der Waals surface area contributed by atoms with Crippen molar-refractivity contribution in [2.24, 2.45) is 7.05 Å². The maximum Gasteiger partial charge on any atom is 0.269 e. The lowest BCUT2D eigenvalue weighted by atomic mass is 10.1. The lowest BCUT2D eigenvalue weighted by molar-refractivity contribution is -0.655. The van der Waals surface area contributed by atoms with Gasteiger partial charge in [-0.25, -0.2) is 0 Å². The molecular weight excluding hydrogens is 287 g/mol. The van der Waals surface area contributed by atoms with Crippen molar-refractivity contribution < 1.29 is 13.4 Å². The number of rotatable bonds is 1. The van der Waals surface area contributed by atoms with Gasteiger partial charge in [-0.1, -0.05) is 11.3 Å². The normalized spacial score (nSPS) is 11.6. The van der Waals surface area contributed by atoms with Crippen LogP contribution >= 0.6 is 11.3 Å². The molecule has 4 rings (SSSR count). The minimum atomic E-state index is -0.525. The number of hydrogen-bond acceptors (Lipinski definition) is 3. The molecule has 0 amide bonds. The first-order valence-corrected chi connectivity index (χ1v) is 7.44. The van der Waals surface area contributed by atoms with Gasteiger partial charge >= 0.3 is 0 Å². The molecule has 0 aliphatic heterocycles. The van der Waals surface area contributed by atoms with E-state index in [1.807, 2.05) is 19.3 Å². The van der Waals surface area contributed by atoms with Crippen LogP contribution in [0.15, 0.2) is 40.3 Å². The van der Waals surface area contributed by atoms with Crippen molar-refractivity contribution in [3.05, 3.63) is 47.4 Å². The minimum Gasteiger partial charge on any atom is -0.438 e. The second-order valence-electron chi connectivity index (χ2n) is 5.07. The third kappa shape index (κ3) is 1.85. The van der Waals surface area contributed by atoms with Crippen LogP contribution in [0.3, 0.4) is 0 Å². The fourth-order valence-electron chi connectivity index (χ4n) is 2.60. The van der Waals surface area contributed by atoms with Gasteiger partial charge in [0.25, 0.3) is 5.01 Å². The van der Waals surface area contributed by atoms with E-state index in [0.717, 1.165) is 27.5 Å². The molecule has 0 bridgehead atoms. The average molecular weight is 299 g/mol. The fraction of sp³-hybridized carbons (Fsp3) is 0.125. The van der Waals surface area contributed by atoms with E-state index in [2.05, 4.69) is 27.9 Å². The van der Waals surface area contributed by atoms with Gasteiger partial charge < -0.3 is 4.42 Å². The first-order valence-electron chi connectivity index (χ1n) is 6.56. The van der Waals surface area contributed by atoms with Gasteiger partial charge in [0.2, 0.25) is 11.7 Å². The van der Waals surface area contributed by atoms with Crippen molar-refractivity contribution in [1.29, 1.82) is 0 Å². The van der Waals surface area contributed by atoms with Gasteiger partial charge in [0, 0.05) is 10.8 Å². The molecule has 0 radical (unpaired) electrons. The van der Waals surface area contributed by atoms with Crippen LogP contribution in [0.4, 0.5) is 4.39 Å². The monoisotopic (exact) mass is 299 g/mol. The highest BCUT2D eigenvalue weighted by molar-refractivity contribution is 7.12. The summed E-state index contributed by atoms with van der Waals surface area (Å²) in [5.41, 5.74) is 3.37. The summed E-state index contributed by atoms with van der Waals surface area (Å²) >= 11 is 1.69. The number of furan rings is 1. The molecule has 1 aromatic carbocycles. The van der Waals surface area contributed by atoms with Crippen LogP contribution in [0.2, 0.25) is 0 Å². The lowest BCUT2D eigenvalue weighted by Crippen LogP contribution is -2.26. The number of hydrogen-bond donors (Lipinski definition) is 0. The predicted molar refractivity (Wildman–Crippen MR) is 80.7 cm³/mol. The second kappa shape index (κ2) is 4.36. The van der Waals surface area contributed by atoms with Crippen LogP contribution in [-0.2, 0) is 7.05 Å². The summed E-state index contributed by atoms with van der Waals surface area (Å²) in [6.07, 6.45) is 2.04. The smallest absolute Gasteiger partial charge is 0.269 e. The van der Waals surface area contributed by atoms with Crippen LogP contribution < -0.4 is 4.57 Å². The molecule has 0 unspecified atom stereocenters. The van der Waals surface area contributed by atoms with Crippen LogP contribution in [0.1, 0.15) is 5.56 Å². The number of pyridine rings is 1. The summed E-state index contributed by atoms with van der Waals surface area (Å²) in [4.78, 5) is 3.82. The summed E-state index contributed by atoms with van der Waals surface area (Å²) in [6, 6.07) is 7.17. The molecule has 0 aliphatic rings. The zero-order chi connectivity index (χ0) is 14.6. The number of benzene rings is 1. The van der Waals surface area contributed by atoms with Gasteiger partial charge in [0.15, 0.2) is 6.20 Å². The van der Waals surface area contributed by atoms with Gasteiger partial charge in [-0.2, -0.15) is 13.9 Å². The van der Waals surface area contributed by atoms with Crippen LogP contribution in [0.5, 0.6) is 0 Å². The molecule has 0 atom stereocenters. The molecule has 4 aromatic rings. The Kier molecular flexibility index (Phi) is 2.59. The fourth-order valence-corrected chi connectivity index (χ4v) is 3.55. The standard InChI is InChI=1S/C16H12FN2OS/c1-9-7-13-12(8-11(9)16-19(2)5-6-21-16)10-3-4-14(17)18-15(10)20-13/h3-8H,1-2H3/q+1. The first-order chi connectivity index (χ1) is 10.1. The third-order valence-corrected chi connectivity index (χ3v) is 4.65. The zero-order valence-corrected chi connectivity index (χ0v) is 12.4. The molecular formula is C16H12FN2OS+. The number of nitrogens with zero attached hydrogens (tertiary/aromatic N) is 2. The van der Waals surface area contributed by atoms with Crippen molar-refractivity contribution in [2.45, 2.75) is 6.92 Å². The SMILES string of the molecule is Cc1cc2oc3nc(F)ccc3c2cc1-c1scc[n+]1C. The number of thiazole rings is 1. The largest absolute Gasteiger partial charge is 0.438 e. The van der Waals surface area contributed by atoms with E-state index in [9.17, 15) is 4.39 Å². The Morgan fingerprint density at radius 3 is 2.86 bits per heavy atom. The van der Waals surface area contributed by atoms with E-state index in [1.54, 1.807) is 17.4 Å². The molecule has 21 heavy (non-hydrogen) atoms. The minimum absolute atomic E-state index is 0.345. The molecule has 104 valence electrons. The zero-order valence-electron chi connectivity index (χ0n) is 11.6. The van der Waals surface area contributed by atoms with Crippen molar-refractivity contribution in [2.75, 3.05) is 0 Å². The summed E-state index contributed by atoms with van der Waals surface area (Å²) < 4.78 is 21.0. The number of fused-ring (bicyclic) bond motifs is 3. The summed E-state index contributed by atoms with van der Waals surface area (Å²) in [5, 5.41) is 5.04. The summed E-state index contributed by atoms with van der Waals surface area (Å²) in [5.74, 6) is -0.525. The Morgan fingerprint density at radius 2 is 2.10 bits per heavy atom. The lowest BCUT2D eigenvalue weighted by Gasteiger charge is -2.01. The molecule has 5 heteroatoms. The molecule has 0 spiro atoms. The summed E-state index contributed by atoms with van der Waals surface area (Å²) in [6.45, 7) is 2.05. The molecule has 3 nitrogen and oxygen atoms in total. The highest BCUT2D eigenvalue weighted by atomic mass is 32.1. The van der Waals surface area contributed by atoms with Gasteiger partial charge in [-0.15, -0.1) is 0 Å². The van der Waals surface area contributed by atoms with E-state index >= 15 is 0 Å². The topological polar surface area (TPSA) is 29.9 Å². The number of halogens is 1. The maximum atomic E-state index is 13.2. The van der Waals surface area contributed by atoms with E-state index < -0.39 is 5.95 Å². The van der Waals surface area contributed by atoms with Gasteiger partial charge in [0.1, 0.15) is 12.6 Å². The van der Waals surface area contributed by atoms with Gasteiger partial charge in [0.05, 0.1) is 10.9 Å². The quantitative estimate of drug-likeness (QED) is 0.393. The van der Waals surface area contributed by atoms with Crippen LogP contribution in [0.25, 0.3) is 32.6 Å². The number of aromatic nitrogens is 2. The molecule has 3 heterocycles. The Morgan fingerprint density at radius 1 is 1.24 bits per heavy atom. The van der Waals surface area contributed by atoms with Gasteiger partial charge in [-0.05, 0) is 36.8 Å². The molecule has 0 N–H and O–H groups in total. The first kappa shape index (κ1) is 12.5. The number of aryl methyl sites for hydroxylation is 2. The summed E-state index contributed by atoms with van der Waals surface area (Å²) in [7, 11) is 2.03. The highest BCUT2D eigenvalue weighted by Gasteiger charge is 2.18. The second-order valence-corrected chi connectivity index (χ2v) is 5.97. The molecule has 0 fully saturated rings. The third-order valence-electron chi connectivity index (χ3n) is 3.66. The Labute approximate surface area is 124 Å².